The Bertz CT molecular complexity index is 58.4. The molecule has 1 radical (unpaired) electrons. The average Bonchev–Trinajstić information content (AvgIpc) is 2.03. The topological polar surface area (TPSA) is 38.2 Å². The fraction of sp³-hybridized carbons (Fsp3) is 1.00. The molecule has 67 valence electrons. The van der Waals surface area contributed by atoms with Crippen molar-refractivity contribution in [3.63, 3.8) is 0 Å². The summed E-state index contributed by atoms with van der Waals surface area (Å²) < 4.78 is 0. The summed E-state index contributed by atoms with van der Waals surface area (Å²) in [5.41, 5.74) is 0. The summed E-state index contributed by atoms with van der Waals surface area (Å²) in [6, 6.07) is 0. The minimum Gasteiger partial charge on any atom is -0.320 e. The number of rotatable bonds is 8. The molecule has 0 rings (SSSR count). The van der Waals surface area contributed by atoms with Crippen molar-refractivity contribution in [1.82, 2.24) is 16.0 Å². The smallest absolute Gasteiger partial charge is 0.0145 e. The quantitative estimate of drug-likeness (QED) is 0.481. The predicted molar refractivity (Wildman–Crippen MR) is 49.0 cm³/mol. The second-order valence-corrected chi connectivity index (χ2v) is 2.59. The van der Waals surface area contributed by atoms with E-state index < -0.39 is 0 Å². The lowest BCUT2D eigenvalue weighted by molar-refractivity contribution is 0.585. The summed E-state index contributed by atoms with van der Waals surface area (Å²) in [7, 11) is 3.95. The standard InChI is InChI=1S/C8H20N3/c1-9-5-3-7-11-8-4-6-10-2/h9-10H,3-8H2,1-2H3. The first-order valence-electron chi connectivity index (χ1n) is 4.34. The van der Waals surface area contributed by atoms with E-state index >= 15 is 0 Å². The molecule has 0 aromatic carbocycles. The van der Waals surface area contributed by atoms with Crippen molar-refractivity contribution in [2.45, 2.75) is 12.8 Å². The number of nitrogens with zero attached hydrogens (tertiary/aromatic N) is 1. The van der Waals surface area contributed by atoms with Gasteiger partial charge in [-0.05, 0) is 40.0 Å². The van der Waals surface area contributed by atoms with Crippen LogP contribution in [-0.2, 0) is 0 Å². The minimum atomic E-state index is 1.00. The summed E-state index contributed by atoms with van der Waals surface area (Å²) in [6.07, 6.45) is 2.33. The maximum Gasteiger partial charge on any atom is 0.0145 e. The van der Waals surface area contributed by atoms with E-state index in [4.69, 9.17) is 0 Å². The van der Waals surface area contributed by atoms with Crippen LogP contribution in [0.4, 0.5) is 0 Å². The maximum atomic E-state index is 4.37. The molecule has 0 aliphatic heterocycles. The third-order valence-corrected chi connectivity index (χ3v) is 1.49. The Morgan fingerprint density at radius 3 is 1.73 bits per heavy atom. The Morgan fingerprint density at radius 1 is 0.909 bits per heavy atom. The van der Waals surface area contributed by atoms with Crippen molar-refractivity contribution < 1.29 is 0 Å². The summed E-state index contributed by atoms with van der Waals surface area (Å²) in [4.78, 5) is 0. The molecule has 0 heterocycles. The van der Waals surface area contributed by atoms with Crippen molar-refractivity contribution in [3.8, 4) is 0 Å². The lowest BCUT2D eigenvalue weighted by Gasteiger charge is -2.01. The zero-order chi connectivity index (χ0) is 8.36. The van der Waals surface area contributed by atoms with Crippen LogP contribution in [0.15, 0.2) is 0 Å². The second kappa shape index (κ2) is 9.88. The van der Waals surface area contributed by atoms with Gasteiger partial charge in [-0.25, -0.2) is 5.32 Å². The van der Waals surface area contributed by atoms with Gasteiger partial charge in [-0.1, -0.05) is 0 Å². The van der Waals surface area contributed by atoms with E-state index in [9.17, 15) is 0 Å². The lowest BCUT2D eigenvalue weighted by atomic mass is 10.4. The highest BCUT2D eigenvalue weighted by atomic mass is 14.9. The highest BCUT2D eigenvalue weighted by Gasteiger charge is 1.87. The van der Waals surface area contributed by atoms with Crippen LogP contribution in [0, 0.1) is 0 Å². The van der Waals surface area contributed by atoms with Crippen molar-refractivity contribution in [2.24, 2.45) is 0 Å². The zero-order valence-corrected chi connectivity index (χ0v) is 7.69. The molecule has 0 spiro atoms. The second-order valence-electron chi connectivity index (χ2n) is 2.59. The highest BCUT2D eigenvalue weighted by Crippen LogP contribution is 1.77. The van der Waals surface area contributed by atoms with E-state index in [2.05, 4.69) is 16.0 Å². The van der Waals surface area contributed by atoms with Crippen LogP contribution in [-0.4, -0.2) is 40.3 Å². The molecular weight excluding hydrogens is 138 g/mol. The van der Waals surface area contributed by atoms with E-state index in [0.717, 1.165) is 39.0 Å². The molecule has 2 N–H and O–H groups in total. The Balaban J connectivity index is 2.69. The summed E-state index contributed by atoms with van der Waals surface area (Å²) >= 11 is 0. The highest BCUT2D eigenvalue weighted by molar-refractivity contribution is 4.50. The molecule has 0 unspecified atom stereocenters. The first kappa shape index (κ1) is 10.9. The third-order valence-electron chi connectivity index (χ3n) is 1.49. The van der Waals surface area contributed by atoms with Gasteiger partial charge in [0.15, 0.2) is 0 Å². The lowest BCUT2D eigenvalue weighted by Crippen LogP contribution is -2.18. The van der Waals surface area contributed by atoms with Gasteiger partial charge in [0.25, 0.3) is 0 Å². The molecule has 0 aliphatic carbocycles. The fourth-order valence-electron chi connectivity index (χ4n) is 0.847. The Labute approximate surface area is 69.9 Å². The SMILES string of the molecule is CNCCC[N]CCCNC. The molecule has 3 heteroatoms. The fourth-order valence-corrected chi connectivity index (χ4v) is 0.847. The average molecular weight is 158 g/mol. The molecule has 0 amide bonds. The molecule has 0 aromatic rings. The molecular formula is C8H20N3. The van der Waals surface area contributed by atoms with Crippen molar-refractivity contribution in [3.05, 3.63) is 0 Å². The molecule has 0 saturated carbocycles. The van der Waals surface area contributed by atoms with Crippen LogP contribution in [0.1, 0.15) is 12.8 Å². The largest absolute Gasteiger partial charge is 0.320 e. The van der Waals surface area contributed by atoms with E-state index in [0.29, 0.717) is 0 Å². The third kappa shape index (κ3) is 9.88. The summed E-state index contributed by atoms with van der Waals surface area (Å²) in [5.74, 6) is 0. The minimum absolute atomic E-state index is 1.00. The van der Waals surface area contributed by atoms with E-state index in [1.165, 1.54) is 0 Å². The van der Waals surface area contributed by atoms with Gasteiger partial charge in [-0.15, -0.1) is 0 Å². The van der Waals surface area contributed by atoms with Crippen molar-refractivity contribution in [1.29, 1.82) is 0 Å². The van der Waals surface area contributed by atoms with Gasteiger partial charge >= 0.3 is 0 Å². The zero-order valence-electron chi connectivity index (χ0n) is 7.69. The molecule has 0 atom stereocenters. The molecule has 0 fully saturated rings. The van der Waals surface area contributed by atoms with Gasteiger partial charge in [-0.2, -0.15) is 0 Å². The predicted octanol–water partition coefficient (Wildman–Crippen LogP) is -0.190. The Hall–Kier alpha value is -0.120. The normalized spacial score (nSPS) is 10.4. The van der Waals surface area contributed by atoms with Gasteiger partial charge in [0.05, 0.1) is 0 Å². The van der Waals surface area contributed by atoms with Crippen LogP contribution in [0.3, 0.4) is 0 Å². The maximum absolute atomic E-state index is 4.37. The van der Waals surface area contributed by atoms with Gasteiger partial charge in [0.2, 0.25) is 0 Å². The molecule has 11 heavy (non-hydrogen) atoms. The van der Waals surface area contributed by atoms with Gasteiger partial charge in [0.1, 0.15) is 0 Å². The summed E-state index contributed by atoms with van der Waals surface area (Å²) in [6.45, 7) is 4.17. The van der Waals surface area contributed by atoms with Gasteiger partial charge in [-0.3, -0.25) is 0 Å². The van der Waals surface area contributed by atoms with Crippen LogP contribution in [0.25, 0.3) is 0 Å². The van der Waals surface area contributed by atoms with Crippen LogP contribution in [0.2, 0.25) is 0 Å². The van der Waals surface area contributed by atoms with E-state index in [1.807, 2.05) is 14.1 Å². The van der Waals surface area contributed by atoms with Crippen molar-refractivity contribution in [2.75, 3.05) is 40.3 Å². The van der Waals surface area contributed by atoms with E-state index in [1.54, 1.807) is 0 Å². The Kier molecular flexibility index (Phi) is 9.77. The van der Waals surface area contributed by atoms with Crippen LogP contribution >= 0.6 is 0 Å². The monoisotopic (exact) mass is 158 g/mol. The number of nitrogens with one attached hydrogen (secondary N) is 2. The first-order chi connectivity index (χ1) is 5.41. The van der Waals surface area contributed by atoms with Crippen LogP contribution < -0.4 is 16.0 Å². The number of hydrogen-bond donors (Lipinski definition) is 2. The number of hydrogen-bond acceptors (Lipinski definition) is 2. The first-order valence-corrected chi connectivity index (χ1v) is 4.34. The molecule has 3 nitrogen and oxygen atoms in total. The van der Waals surface area contributed by atoms with Gasteiger partial charge < -0.3 is 10.6 Å². The van der Waals surface area contributed by atoms with Crippen LogP contribution in [0.5, 0.6) is 0 Å². The van der Waals surface area contributed by atoms with E-state index in [-0.39, 0.29) is 0 Å². The summed E-state index contributed by atoms with van der Waals surface area (Å²) in [5, 5.41) is 10.6. The molecule has 0 aliphatic rings. The molecule has 0 saturated heterocycles. The molecule has 0 bridgehead atoms. The molecule has 0 aromatic heterocycles. The van der Waals surface area contributed by atoms with Gasteiger partial charge in [0, 0.05) is 13.1 Å². The Morgan fingerprint density at radius 2 is 1.36 bits per heavy atom. The van der Waals surface area contributed by atoms with Crippen molar-refractivity contribution >= 4 is 0 Å².